The van der Waals surface area contributed by atoms with Crippen LogP contribution in [0.2, 0.25) is 0 Å². The Balaban J connectivity index is 1.06. The summed E-state index contributed by atoms with van der Waals surface area (Å²) in [5, 5.41) is 64.0. The van der Waals surface area contributed by atoms with Crippen LogP contribution in [0.4, 0.5) is 0 Å². The Morgan fingerprint density at radius 2 is 0.743 bits per heavy atom. The predicted molar refractivity (Wildman–Crippen MR) is 424 cm³/mol. The van der Waals surface area contributed by atoms with Crippen LogP contribution in [0.5, 0.6) is 5.75 Å². The second-order valence-corrected chi connectivity index (χ2v) is 28.4. The highest BCUT2D eigenvalue weighted by Gasteiger charge is 2.37. The smallest absolute Gasteiger partial charge is 0.326 e. The van der Waals surface area contributed by atoms with E-state index in [-0.39, 0.29) is 80.7 Å². The molecule has 30 heteroatoms. The molecule has 0 saturated heterocycles. The number of nitrogens with one attached hydrogen (secondary N) is 10. The Morgan fingerprint density at radius 3 is 1.19 bits per heavy atom. The number of carboxylic acid groups (broad SMARTS) is 3. The largest absolute Gasteiger partial charge is 0.508 e. The minimum atomic E-state index is -1.91. The van der Waals surface area contributed by atoms with Gasteiger partial charge in [0.25, 0.3) is 0 Å². The molecule has 0 aliphatic heterocycles. The summed E-state index contributed by atoms with van der Waals surface area (Å²) >= 11 is 2.12. The van der Waals surface area contributed by atoms with Crippen LogP contribution in [0, 0.1) is 3.57 Å². The summed E-state index contributed by atoms with van der Waals surface area (Å²) in [5.74, 6) is -14.5. The van der Waals surface area contributed by atoms with E-state index in [1.54, 1.807) is 129 Å². The Morgan fingerprint density at radius 1 is 0.389 bits per heavy atom. The average Bonchev–Trinajstić information content (AvgIpc) is 1.75. The number of H-pyrrole nitrogens is 1. The number of hydrogen-bond donors (Lipinski definition) is 15. The van der Waals surface area contributed by atoms with Crippen molar-refractivity contribution in [2.24, 2.45) is 5.73 Å². The number of carbonyl (C=O) groups is 14. The average molecular weight is 1650 g/mol. The lowest BCUT2D eigenvalue weighted by Crippen LogP contribution is -2.61. The fraction of sp³-hybridized carbons (Fsp3) is 0.301. The highest BCUT2D eigenvalue weighted by molar-refractivity contribution is 14.1. The number of para-hydroxylation sites is 1. The molecule has 592 valence electrons. The van der Waals surface area contributed by atoms with Crippen molar-refractivity contribution in [2.45, 2.75) is 152 Å². The third kappa shape index (κ3) is 26.6. The first-order valence-corrected chi connectivity index (χ1v) is 37.8. The number of aromatic hydroxyl groups is 1. The maximum absolute atomic E-state index is 15.5. The second kappa shape index (κ2) is 42.7. The molecule has 1 aromatic heterocycles. The number of hydrogen-bond acceptors (Lipinski definition) is 16. The van der Waals surface area contributed by atoms with Gasteiger partial charge in [-0.1, -0.05) is 191 Å². The van der Waals surface area contributed by atoms with Gasteiger partial charge in [-0.05, 0) is 100 Å². The van der Waals surface area contributed by atoms with Gasteiger partial charge in [-0.2, -0.15) is 0 Å². The number of unbranched alkanes of at least 4 members (excludes halogenated alkanes) is 2. The van der Waals surface area contributed by atoms with E-state index in [1.807, 2.05) is 12.1 Å². The number of rotatable bonds is 43. The van der Waals surface area contributed by atoms with E-state index in [9.17, 15) is 73.2 Å². The van der Waals surface area contributed by atoms with Crippen molar-refractivity contribution < 1.29 is 87.5 Å². The molecule has 0 bridgehead atoms. The van der Waals surface area contributed by atoms with Crippen molar-refractivity contribution in [3.05, 3.63) is 242 Å². The van der Waals surface area contributed by atoms with E-state index in [0.29, 0.717) is 62.7 Å². The first kappa shape index (κ1) is 86.1. The van der Waals surface area contributed by atoms with Crippen LogP contribution in [-0.2, 0) is 89.6 Å². The zero-order valence-electron chi connectivity index (χ0n) is 62.0. The molecule has 1 heterocycles. The maximum atomic E-state index is 15.5. The number of fused-ring (bicyclic) bond motifs is 1. The van der Waals surface area contributed by atoms with E-state index in [4.69, 9.17) is 5.73 Å². The Bertz CT molecular complexity index is 4680. The van der Waals surface area contributed by atoms with Crippen molar-refractivity contribution in [2.75, 3.05) is 6.54 Å². The van der Waals surface area contributed by atoms with E-state index >= 15 is 14.4 Å². The first-order valence-electron chi connectivity index (χ1n) is 36.7. The summed E-state index contributed by atoms with van der Waals surface area (Å²) in [6.45, 7) is 2.86. The van der Waals surface area contributed by atoms with Gasteiger partial charge in [0.15, 0.2) is 11.6 Å². The molecule has 16 N–H and O–H groups in total. The molecule has 0 fully saturated rings. The van der Waals surface area contributed by atoms with E-state index < -0.39 is 145 Å². The highest BCUT2D eigenvalue weighted by Crippen LogP contribution is 2.22. The number of ketones is 2. The number of phenolic OH excluding ortho intramolecular Hbond substituents is 1. The lowest BCUT2D eigenvalue weighted by molar-refractivity contribution is -0.144. The van der Waals surface area contributed by atoms with E-state index in [2.05, 4.69) is 75.4 Å². The van der Waals surface area contributed by atoms with Crippen molar-refractivity contribution >= 4 is 116 Å². The SMILES string of the molecule is CCCC[C@H](NC(=O)[C@H](Cc1c[nH]c2ccccc12)NC(=O)[C@H](Cc1ccc(C(=O)c2ccccc2)cc1)NC(=O)[C@H](CCCC)NC(=O)[C@H](Cc1ccc(O)cc1)NC(=O)[C@H](CC(=O)O)NC(=O)CNC(=O)[C@H](N)Cc1ccc([125I])cc1)C(=O)N[C@@H](CC(=O)O)C(=O)N[C@@H](Cc1ccc(C(=O)c2ccccc2)cc1)C(=O)O. The van der Waals surface area contributed by atoms with Gasteiger partial charge in [0.1, 0.15) is 54.1 Å². The first-order chi connectivity index (χ1) is 54.1. The third-order valence-electron chi connectivity index (χ3n) is 18.5. The summed E-state index contributed by atoms with van der Waals surface area (Å²) in [6.07, 6.45) is -0.370. The summed E-state index contributed by atoms with van der Waals surface area (Å²) in [5.41, 5.74) is 10.5. The van der Waals surface area contributed by atoms with E-state index in [0.717, 1.165) is 9.13 Å². The molecule has 0 aliphatic carbocycles. The lowest BCUT2D eigenvalue weighted by Gasteiger charge is -2.28. The summed E-state index contributed by atoms with van der Waals surface area (Å²) in [6, 6.07) is 34.2. The fourth-order valence-corrected chi connectivity index (χ4v) is 12.7. The zero-order chi connectivity index (χ0) is 81.7. The predicted octanol–water partition coefficient (Wildman–Crippen LogP) is 5.19. The molecule has 113 heavy (non-hydrogen) atoms. The van der Waals surface area contributed by atoms with Gasteiger partial charge in [-0.15, -0.1) is 0 Å². The van der Waals surface area contributed by atoms with Gasteiger partial charge in [-0.3, -0.25) is 62.3 Å². The fourth-order valence-electron chi connectivity index (χ4n) is 12.3. The number of aromatic amines is 1. The Labute approximate surface area is 664 Å². The Hall–Kier alpha value is -12.5. The molecule has 0 unspecified atom stereocenters. The van der Waals surface area contributed by atoms with Gasteiger partial charge in [0.05, 0.1) is 25.4 Å². The van der Waals surface area contributed by atoms with Gasteiger partial charge in [-0.25, -0.2) is 4.79 Å². The standard InChI is InChI=1S/C83H90IN11O18/c1-3-5-20-62(89-78(107)64(41-51-29-37-58(96)38-30-51)92-81(110)67(44-71(98)99)88-70(97)47-87-75(104)60(85)39-48-27-35-57(84)36-28-48)76(105)91-65(40-49-23-31-54(32-24-49)73(102)52-15-9-7-10-16-52)79(108)93-66(43-56-46-86-61-22-14-13-19-59(56)61)80(109)90-63(21-6-4-2)77(106)94-68(45-72(100)101)82(111)95-69(83(112)113)42-50-25-33-55(34-26-50)74(103)53-17-11-8-12-18-53/h7-19,22-38,46,60,62-69,86,96H,3-6,20-21,39-45,47,85H2,1-2H3,(H,87,104)(H,88,97)(H,89,107)(H,90,109)(H,91,105)(H,92,110)(H,93,108)(H,94,106)(H,95,111)(H,98,99)(H,100,101)(H,112,113)/t60-,62+,63+,64+,65+,66+,67+,68+,69+/m1/s1/i84-2. The van der Waals surface area contributed by atoms with Crippen LogP contribution in [-0.4, -0.2) is 169 Å². The molecule has 7 aromatic carbocycles. The molecule has 0 aliphatic rings. The number of halogens is 1. The summed E-state index contributed by atoms with van der Waals surface area (Å²) < 4.78 is 0.951. The van der Waals surface area contributed by atoms with Crippen molar-refractivity contribution in [3.8, 4) is 5.75 Å². The van der Waals surface area contributed by atoms with Gasteiger partial charge < -0.3 is 79.0 Å². The molecule has 9 amide bonds. The van der Waals surface area contributed by atoms with Crippen LogP contribution in [0.25, 0.3) is 10.9 Å². The van der Waals surface area contributed by atoms with Crippen LogP contribution in [0.15, 0.2) is 188 Å². The van der Waals surface area contributed by atoms with Crippen LogP contribution >= 0.6 is 22.6 Å². The number of benzene rings is 7. The number of phenols is 1. The molecule has 9 atom stereocenters. The summed E-state index contributed by atoms with van der Waals surface area (Å²) in [7, 11) is 0. The maximum Gasteiger partial charge on any atom is 0.326 e. The van der Waals surface area contributed by atoms with E-state index in [1.165, 1.54) is 60.7 Å². The number of amides is 9. The molecule has 0 radical (unpaired) electrons. The van der Waals surface area contributed by atoms with Crippen LogP contribution in [0.3, 0.4) is 0 Å². The normalized spacial score (nSPS) is 13.4. The summed E-state index contributed by atoms with van der Waals surface area (Å²) in [4.78, 5) is 197. The minimum absolute atomic E-state index is 0.0906. The van der Waals surface area contributed by atoms with Crippen LogP contribution in [0.1, 0.15) is 125 Å². The molecular formula is C83H90IN11O18. The quantitative estimate of drug-likeness (QED) is 0.0173. The molecular weight excluding hydrogens is 1560 g/mol. The number of aromatic nitrogens is 1. The van der Waals surface area contributed by atoms with Gasteiger partial charge >= 0.3 is 17.9 Å². The van der Waals surface area contributed by atoms with Gasteiger partial charge in [0, 0.05) is 68.6 Å². The number of carbonyl (C=O) groups excluding carboxylic acids is 11. The van der Waals surface area contributed by atoms with Crippen molar-refractivity contribution in [1.29, 1.82) is 0 Å². The van der Waals surface area contributed by atoms with Crippen LogP contribution < -0.4 is 53.6 Å². The van der Waals surface area contributed by atoms with Crippen molar-refractivity contribution in [1.82, 2.24) is 52.8 Å². The molecule has 0 spiro atoms. The topological polar surface area (TPSA) is 470 Å². The number of aliphatic carboxylic acids is 3. The second-order valence-electron chi connectivity index (χ2n) is 27.1. The Kier molecular flexibility index (Phi) is 32.5. The minimum Gasteiger partial charge on any atom is -0.508 e. The number of carboxylic acids is 3. The lowest BCUT2D eigenvalue weighted by atomic mass is 9.98. The zero-order valence-corrected chi connectivity index (χ0v) is 64.1. The monoisotopic (exact) mass is 1650 g/mol. The highest BCUT2D eigenvalue weighted by atomic mass is 125. The van der Waals surface area contributed by atoms with Crippen molar-refractivity contribution in [3.63, 3.8) is 0 Å². The molecule has 29 nitrogen and oxygen atoms in total. The third-order valence-corrected chi connectivity index (χ3v) is 19.2. The molecule has 0 saturated carbocycles. The molecule has 8 rings (SSSR count). The number of nitrogens with two attached hydrogens (primary N) is 1. The molecule has 8 aromatic rings. The van der Waals surface area contributed by atoms with Gasteiger partial charge in [0.2, 0.25) is 53.2 Å².